The summed E-state index contributed by atoms with van der Waals surface area (Å²) in [5.74, 6) is 0.357. The van der Waals surface area contributed by atoms with E-state index >= 15 is 0 Å². The second kappa shape index (κ2) is 6.74. The van der Waals surface area contributed by atoms with Crippen LogP contribution in [-0.2, 0) is 6.42 Å². The molecule has 2 nitrogen and oxygen atoms in total. The number of unbranched alkanes of at least 4 members (excludes halogenated alkanes) is 1. The summed E-state index contributed by atoms with van der Waals surface area (Å²) in [5, 5.41) is 10.2. The summed E-state index contributed by atoms with van der Waals surface area (Å²) in [5.41, 5.74) is 2.66. The Bertz CT molecular complexity index is 546. The van der Waals surface area contributed by atoms with Crippen LogP contribution in [0.2, 0.25) is 0 Å². The summed E-state index contributed by atoms with van der Waals surface area (Å²) < 4.78 is 0. The summed E-state index contributed by atoms with van der Waals surface area (Å²) >= 11 is 0. The second-order valence-electron chi connectivity index (χ2n) is 4.55. The topological polar surface area (TPSA) is 32.6 Å². The average molecular weight is 253 g/mol. The van der Waals surface area contributed by atoms with Crippen molar-refractivity contribution in [3.63, 3.8) is 0 Å². The van der Waals surface area contributed by atoms with Gasteiger partial charge in [-0.15, -0.1) is 0 Å². The van der Waals surface area contributed by atoms with Crippen LogP contribution < -0.4 is 0 Å². The first-order chi connectivity index (χ1) is 9.31. The SMILES string of the molecule is CCCCc1cccc(C=Nc2ccccc2)c1O. The molecule has 0 aliphatic heterocycles. The molecule has 98 valence electrons. The maximum Gasteiger partial charge on any atom is 0.127 e. The highest BCUT2D eigenvalue weighted by molar-refractivity contribution is 5.85. The summed E-state index contributed by atoms with van der Waals surface area (Å²) in [4.78, 5) is 4.37. The molecular formula is C17H19NO. The van der Waals surface area contributed by atoms with Crippen molar-refractivity contribution in [2.24, 2.45) is 4.99 Å². The lowest BCUT2D eigenvalue weighted by Gasteiger charge is -2.06. The third kappa shape index (κ3) is 3.68. The Hall–Kier alpha value is -2.09. The van der Waals surface area contributed by atoms with E-state index in [1.54, 1.807) is 6.21 Å². The first kappa shape index (κ1) is 13.3. The molecule has 2 heteroatoms. The molecule has 0 atom stereocenters. The van der Waals surface area contributed by atoms with Crippen molar-refractivity contribution in [1.29, 1.82) is 0 Å². The molecule has 0 fully saturated rings. The van der Waals surface area contributed by atoms with Gasteiger partial charge in [0.05, 0.1) is 5.69 Å². The van der Waals surface area contributed by atoms with Gasteiger partial charge in [-0.2, -0.15) is 0 Å². The van der Waals surface area contributed by atoms with Crippen LogP contribution in [0.5, 0.6) is 5.75 Å². The number of aromatic hydroxyl groups is 1. The quantitative estimate of drug-likeness (QED) is 0.783. The van der Waals surface area contributed by atoms with E-state index in [9.17, 15) is 5.11 Å². The zero-order chi connectivity index (χ0) is 13.5. The number of phenols is 1. The number of para-hydroxylation sites is 2. The van der Waals surface area contributed by atoms with Gasteiger partial charge in [0.1, 0.15) is 5.75 Å². The predicted molar refractivity (Wildman–Crippen MR) is 80.4 cm³/mol. The summed E-state index contributed by atoms with van der Waals surface area (Å²) in [6.07, 6.45) is 4.85. The van der Waals surface area contributed by atoms with Gasteiger partial charge in [-0.05, 0) is 36.6 Å². The highest BCUT2D eigenvalue weighted by Gasteiger charge is 2.04. The molecule has 2 aromatic carbocycles. The third-order valence-electron chi connectivity index (χ3n) is 3.06. The van der Waals surface area contributed by atoms with Crippen LogP contribution in [0.1, 0.15) is 30.9 Å². The van der Waals surface area contributed by atoms with Crippen LogP contribution in [0.25, 0.3) is 0 Å². The van der Waals surface area contributed by atoms with Crippen molar-refractivity contribution in [2.45, 2.75) is 26.2 Å². The molecule has 1 N–H and O–H groups in total. The molecule has 0 saturated carbocycles. The van der Waals surface area contributed by atoms with Crippen LogP contribution in [0.4, 0.5) is 5.69 Å². The lowest BCUT2D eigenvalue weighted by Crippen LogP contribution is -1.90. The van der Waals surface area contributed by atoms with Gasteiger partial charge in [-0.3, -0.25) is 4.99 Å². The maximum absolute atomic E-state index is 10.2. The second-order valence-corrected chi connectivity index (χ2v) is 4.55. The minimum atomic E-state index is 0.357. The normalized spacial score (nSPS) is 11.0. The van der Waals surface area contributed by atoms with Gasteiger partial charge in [0.25, 0.3) is 0 Å². The highest BCUT2D eigenvalue weighted by Crippen LogP contribution is 2.23. The molecule has 0 radical (unpaired) electrons. The Morgan fingerprint density at radius 2 is 1.84 bits per heavy atom. The number of benzene rings is 2. The molecule has 0 aromatic heterocycles. The van der Waals surface area contributed by atoms with Crippen molar-refractivity contribution >= 4 is 11.9 Å². The van der Waals surface area contributed by atoms with E-state index in [1.165, 1.54) is 0 Å². The van der Waals surface area contributed by atoms with Gasteiger partial charge >= 0.3 is 0 Å². The minimum absolute atomic E-state index is 0.357. The van der Waals surface area contributed by atoms with Crippen LogP contribution in [0.3, 0.4) is 0 Å². The number of aliphatic imine (C=N–C) groups is 1. The molecule has 0 unspecified atom stereocenters. The van der Waals surface area contributed by atoms with Crippen LogP contribution >= 0.6 is 0 Å². The Morgan fingerprint density at radius 1 is 1.05 bits per heavy atom. The van der Waals surface area contributed by atoms with Gasteiger partial charge in [-0.1, -0.05) is 43.7 Å². The molecule has 0 amide bonds. The van der Waals surface area contributed by atoms with E-state index in [-0.39, 0.29) is 0 Å². The first-order valence-electron chi connectivity index (χ1n) is 6.71. The van der Waals surface area contributed by atoms with Gasteiger partial charge in [-0.25, -0.2) is 0 Å². The Kier molecular flexibility index (Phi) is 4.73. The van der Waals surface area contributed by atoms with Crippen molar-refractivity contribution in [1.82, 2.24) is 0 Å². The summed E-state index contributed by atoms with van der Waals surface area (Å²) in [6.45, 7) is 2.15. The molecule has 2 rings (SSSR count). The summed E-state index contributed by atoms with van der Waals surface area (Å²) in [6, 6.07) is 15.6. The lowest BCUT2D eigenvalue weighted by molar-refractivity contribution is 0.466. The average Bonchev–Trinajstić information content (AvgIpc) is 2.46. The number of rotatable bonds is 5. The van der Waals surface area contributed by atoms with Crippen LogP contribution in [0.15, 0.2) is 53.5 Å². The third-order valence-corrected chi connectivity index (χ3v) is 3.06. The monoisotopic (exact) mass is 253 g/mol. The number of aryl methyl sites for hydroxylation is 1. The summed E-state index contributed by atoms with van der Waals surface area (Å²) in [7, 11) is 0. The van der Waals surface area contributed by atoms with Gasteiger partial charge in [0, 0.05) is 11.8 Å². The number of hydrogen-bond donors (Lipinski definition) is 1. The zero-order valence-electron chi connectivity index (χ0n) is 11.2. The Balaban J connectivity index is 2.19. The maximum atomic E-state index is 10.2. The van der Waals surface area contributed by atoms with Crippen molar-refractivity contribution in [3.8, 4) is 5.75 Å². The van der Waals surface area contributed by atoms with Gasteiger partial charge in [0.15, 0.2) is 0 Å². The molecule has 0 saturated heterocycles. The molecular weight excluding hydrogens is 234 g/mol. The van der Waals surface area contributed by atoms with Gasteiger partial charge in [0.2, 0.25) is 0 Å². The molecule has 0 aliphatic rings. The molecule has 2 aromatic rings. The van der Waals surface area contributed by atoms with E-state index in [4.69, 9.17) is 0 Å². The lowest BCUT2D eigenvalue weighted by atomic mass is 10.0. The van der Waals surface area contributed by atoms with E-state index in [0.29, 0.717) is 5.75 Å². The molecule has 0 bridgehead atoms. The van der Waals surface area contributed by atoms with Crippen LogP contribution in [-0.4, -0.2) is 11.3 Å². The molecule has 0 spiro atoms. The first-order valence-corrected chi connectivity index (χ1v) is 6.71. The van der Waals surface area contributed by atoms with E-state index in [0.717, 1.165) is 36.1 Å². The van der Waals surface area contributed by atoms with Crippen molar-refractivity contribution in [3.05, 3.63) is 59.7 Å². The molecule has 19 heavy (non-hydrogen) atoms. The standard InChI is InChI=1S/C17H19NO/c1-2-3-8-14-9-7-10-15(17(14)19)13-18-16-11-5-4-6-12-16/h4-7,9-13,19H,2-3,8H2,1H3. The molecule has 0 heterocycles. The fraction of sp³-hybridized carbons (Fsp3) is 0.235. The predicted octanol–water partition coefficient (Wildman–Crippen LogP) is 4.49. The number of hydrogen-bond acceptors (Lipinski definition) is 2. The van der Waals surface area contributed by atoms with Crippen molar-refractivity contribution in [2.75, 3.05) is 0 Å². The van der Waals surface area contributed by atoms with E-state index in [2.05, 4.69) is 11.9 Å². The highest BCUT2D eigenvalue weighted by atomic mass is 16.3. The largest absolute Gasteiger partial charge is 0.507 e. The van der Waals surface area contributed by atoms with Crippen LogP contribution in [0, 0.1) is 0 Å². The Morgan fingerprint density at radius 3 is 2.58 bits per heavy atom. The number of nitrogens with zero attached hydrogens (tertiary/aromatic N) is 1. The fourth-order valence-corrected chi connectivity index (χ4v) is 1.94. The van der Waals surface area contributed by atoms with Crippen molar-refractivity contribution < 1.29 is 5.11 Å². The Labute approximate surface area is 114 Å². The van der Waals surface area contributed by atoms with E-state index in [1.807, 2.05) is 48.5 Å². The van der Waals surface area contributed by atoms with Gasteiger partial charge < -0.3 is 5.11 Å². The fourth-order valence-electron chi connectivity index (χ4n) is 1.94. The number of phenolic OH excluding ortho intramolecular Hbond substituents is 1. The van der Waals surface area contributed by atoms with E-state index < -0.39 is 0 Å². The smallest absolute Gasteiger partial charge is 0.127 e. The zero-order valence-corrected chi connectivity index (χ0v) is 11.2. The molecule has 0 aliphatic carbocycles. The minimum Gasteiger partial charge on any atom is -0.507 e.